The highest BCUT2D eigenvalue weighted by Crippen LogP contribution is 2.35. The van der Waals surface area contributed by atoms with E-state index in [1.807, 2.05) is 13.0 Å². The molecule has 4 nitrogen and oxygen atoms in total. The van der Waals surface area contributed by atoms with Crippen molar-refractivity contribution in [3.8, 4) is 0 Å². The average Bonchev–Trinajstić information content (AvgIpc) is 2.69. The van der Waals surface area contributed by atoms with E-state index in [9.17, 15) is 15.2 Å². The van der Waals surface area contributed by atoms with Crippen LogP contribution < -0.4 is 0 Å². The zero-order valence-corrected chi connectivity index (χ0v) is 10.5. The van der Waals surface area contributed by atoms with E-state index >= 15 is 0 Å². The van der Waals surface area contributed by atoms with Crippen LogP contribution in [0.25, 0.3) is 0 Å². The molecule has 18 heavy (non-hydrogen) atoms. The molecule has 0 aliphatic heterocycles. The molecule has 0 saturated heterocycles. The molecule has 1 unspecified atom stereocenters. The normalized spacial score (nSPS) is 16.7. The standard InChI is InChI=1S/C13H12ClNO3/c1-8-6-10(7-12(8)14)13(16)9-2-4-11(5-3-9)15(17)18/h2-6,13,16H,7H2,1H3. The third kappa shape index (κ3) is 2.44. The average molecular weight is 266 g/mol. The maximum absolute atomic E-state index is 10.5. The molecule has 0 fully saturated rings. The van der Waals surface area contributed by atoms with Crippen LogP contribution in [0.4, 0.5) is 5.69 Å². The number of halogens is 1. The SMILES string of the molecule is CC1=C(Cl)CC(C(O)c2ccc([N+](=O)[O-])cc2)=C1. The summed E-state index contributed by atoms with van der Waals surface area (Å²) < 4.78 is 0. The van der Waals surface area contributed by atoms with Crippen LogP contribution in [-0.4, -0.2) is 10.0 Å². The Balaban J connectivity index is 2.18. The summed E-state index contributed by atoms with van der Waals surface area (Å²) in [7, 11) is 0. The molecule has 0 spiro atoms. The second kappa shape index (κ2) is 4.92. The molecule has 0 radical (unpaired) electrons. The number of hydrogen-bond acceptors (Lipinski definition) is 3. The lowest BCUT2D eigenvalue weighted by Crippen LogP contribution is -2.00. The molecule has 0 aromatic heterocycles. The molecule has 0 bridgehead atoms. The number of rotatable bonds is 3. The van der Waals surface area contributed by atoms with Gasteiger partial charge in [0.1, 0.15) is 6.10 Å². The van der Waals surface area contributed by atoms with Gasteiger partial charge in [-0.1, -0.05) is 17.7 Å². The first-order valence-corrected chi connectivity index (χ1v) is 5.85. The molecule has 1 aliphatic rings. The molecule has 0 heterocycles. The van der Waals surface area contributed by atoms with Gasteiger partial charge in [-0.2, -0.15) is 0 Å². The monoisotopic (exact) mass is 265 g/mol. The predicted molar refractivity (Wildman–Crippen MR) is 69.3 cm³/mol. The number of hydrogen-bond donors (Lipinski definition) is 1. The minimum atomic E-state index is -0.767. The number of benzene rings is 1. The molecule has 1 aromatic rings. The number of allylic oxidation sites excluding steroid dienone is 3. The van der Waals surface area contributed by atoms with E-state index in [-0.39, 0.29) is 5.69 Å². The molecular weight excluding hydrogens is 254 g/mol. The van der Waals surface area contributed by atoms with Crippen molar-refractivity contribution >= 4 is 17.3 Å². The van der Waals surface area contributed by atoms with Crippen molar-refractivity contribution in [2.75, 3.05) is 0 Å². The molecule has 5 heteroatoms. The number of aliphatic hydroxyl groups excluding tert-OH is 1. The van der Waals surface area contributed by atoms with Crippen LogP contribution in [0.15, 0.2) is 46.5 Å². The van der Waals surface area contributed by atoms with Crippen LogP contribution in [0, 0.1) is 10.1 Å². The van der Waals surface area contributed by atoms with Gasteiger partial charge >= 0.3 is 0 Å². The Hall–Kier alpha value is -1.65. The van der Waals surface area contributed by atoms with E-state index in [4.69, 9.17) is 11.6 Å². The molecular formula is C13H12ClNO3. The second-order valence-corrected chi connectivity index (χ2v) is 4.69. The molecule has 0 saturated carbocycles. The Morgan fingerprint density at radius 1 is 1.39 bits per heavy atom. The second-order valence-electron chi connectivity index (χ2n) is 4.24. The van der Waals surface area contributed by atoms with Gasteiger partial charge < -0.3 is 5.11 Å². The summed E-state index contributed by atoms with van der Waals surface area (Å²) in [6.07, 6.45) is 1.62. The number of nitrogens with zero attached hydrogens (tertiary/aromatic N) is 1. The fourth-order valence-electron chi connectivity index (χ4n) is 1.89. The third-order valence-corrected chi connectivity index (χ3v) is 3.39. The molecule has 1 aliphatic carbocycles. The van der Waals surface area contributed by atoms with Crippen LogP contribution in [0.1, 0.15) is 25.0 Å². The van der Waals surface area contributed by atoms with Crippen LogP contribution in [-0.2, 0) is 0 Å². The van der Waals surface area contributed by atoms with Gasteiger partial charge in [-0.25, -0.2) is 0 Å². The molecule has 0 amide bonds. The maximum atomic E-state index is 10.5. The zero-order chi connectivity index (χ0) is 13.3. The van der Waals surface area contributed by atoms with Crippen LogP contribution in [0.5, 0.6) is 0 Å². The predicted octanol–water partition coefficient (Wildman–Crippen LogP) is 3.47. The highest BCUT2D eigenvalue weighted by molar-refractivity contribution is 6.30. The summed E-state index contributed by atoms with van der Waals surface area (Å²) in [5.74, 6) is 0. The van der Waals surface area contributed by atoms with Gasteiger partial charge in [0.15, 0.2) is 0 Å². The number of aliphatic hydroxyl groups is 1. The van der Waals surface area contributed by atoms with Crippen LogP contribution >= 0.6 is 11.6 Å². The van der Waals surface area contributed by atoms with E-state index in [0.29, 0.717) is 12.0 Å². The van der Waals surface area contributed by atoms with E-state index < -0.39 is 11.0 Å². The van der Waals surface area contributed by atoms with Gasteiger partial charge in [0.05, 0.1) is 4.92 Å². The fraction of sp³-hybridized carbons (Fsp3) is 0.231. The highest BCUT2D eigenvalue weighted by atomic mass is 35.5. The number of non-ortho nitro benzene ring substituents is 1. The lowest BCUT2D eigenvalue weighted by Gasteiger charge is -2.12. The molecule has 1 atom stereocenters. The molecule has 94 valence electrons. The Morgan fingerprint density at radius 2 is 2.00 bits per heavy atom. The quantitative estimate of drug-likeness (QED) is 0.672. The smallest absolute Gasteiger partial charge is 0.269 e. The topological polar surface area (TPSA) is 63.4 Å². The van der Waals surface area contributed by atoms with E-state index in [1.54, 1.807) is 12.1 Å². The largest absolute Gasteiger partial charge is 0.384 e. The van der Waals surface area contributed by atoms with Crippen molar-refractivity contribution in [2.45, 2.75) is 19.4 Å². The van der Waals surface area contributed by atoms with Gasteiger partial charge in [0.2, 0.25) is 0 Å². The van der Waals surface area contributed by atoms with Crippen molar-refractivity contribution in [1.29, 1.82) is 0 Å². The minimum absolute atomic E-state index is 0.0127. The summed E-state index contributed by atoms with van der Waals surface area (Å²) >= 11 is 5.98. The van der Waals surface area contributed by atoms with Gasteiger partial charge in [-0.3, -0.25) is 10.1 Å². The van der Waals surface area contributed by atoms with Gasteiger partial charge in [0.25, 0.3) is 5.69 Å². The van der Waals surface area contributed by atoms with Crippen LogP contribution in [0.2, 0.25) is 0 Å². The fourth-order valence-corrected chi connectivity index (χ4v) is 2.10. The summed E-state index contributed by atoms with van der Waals surface area (Å²) in [6, 6.07) is 5.89. The summed E-state index contributed by atoms with van der Waals surface area (Å²) in [5, 5.41) is 21.4. The first-order chi connectivity index (χ1) is 8.49. The molecule has 1 aromatic carbocycles. The van der Waals surface area contributed by atoms with Crippen LogP contribution in [0.3, 0.4) is 0 Å². The van der Waals surface area contributed by atoms with Crippen molar-refractivity contribution in [2.24, 2.45) is 0 Å². The van der Waals surface area contributed by atoms with Crippen molar-refractivity contribution in [3.63, 3.8) is 0 Å². The maximum Gasteiger partial charge on any atom is 0.269 e. The van der Waals surface area contributed by atoms with E-state index in [1.165, 1.54) is 12.1 Å². The van der Waals surface area contributed by atoms with Gasteiger partial charge in [-0.05, 0) is 35.8 Å². The highest BCUT2D eigenvalue weighted by Gasteiger charge is 2.20. The Morgan fingerprint density at radius 3 is 2.44 bits per heavy atom. The summed E-state index contributed by atoms with van der Waals surface area (Å²) in [5.41, 5.74) is 2.41. The lowest BCUT2D eigenvalue weighted by atomic mass is 10.0. The lowest BCUT2D eigenvalue weighted by molar-refractivity contribution is -0.384. The van der Waals surface area contributed by atoms with Gasteiger partial charge in [0, 0.05) is 23.6 Å². The number of nitro groups is 1. The minimum Gasteiger partial charge on any atom is -0.384 e. The Labute approximate surface area is 109 Å². The van der Waals surface area contributed by atoms with Crippen molar-refractivity contribution in [3.05, 3.63) is 62.2 Å². The number of nitro benzene ring substituents is 1. The first-order valence-electron chi connectivity index (χ1n) is 5.47. The van der Waals surface area contributed by atoms with Crippen molar-refractivity contribution in [1.82, 2.24) is 0 Å². The van der Waals surface area contributed by atoms with Crippen molar-refractivity contribution < 1.29 is 10.0 Å². The zero-order valence-electron chi connectivity index (χ0n) is 9.76. The van der Waals surface area contributed by atoms with Gasteiger partial charge in [-0.15, -0.1) is 0 Å². The Bertz CT molecular complexity index is 546. The van der Waals surface area contributed by atoms with E-state index in [2.05, 4.69) is 0 Å². The van der Waals surface area contributed by atoms with E-state index in [0.717, 1.165) is 16.2 Å². The molecule has 2 rings (SSSR count). The summed E-state index contributed by atoms with van der Waals surface area (Å²) in [4.78, 5) is 10.1. The molecule has 1 N–H and O–H groups in total. The summed E-state index contributed by atoms with van der Waals surface area (Å²) in [6.45, 7) is 1.89. The Kier molecular flexibility index (Phi) is 3.50. The third-order valence-electron chi connectivity index (χ3n) is 2.96. The first kappa shape index (κ1) is 12.8.